The number of hydrogen-bond donors (Lipinski definition) is 1. The molecular formula is C8H16O. The van der Waals surface area contributed by atoms with Crippen molar-refractivity contribution in [2.24, 2.45) is 11.8 Å². The number of rotatable bonds is 2. The molecule has 1 rings (SSSR count). The van der Waals surface area contributed by atoms with Crippen LogP contribution in [0, 0.1) is 11.8 Å². The molecule has 0 aliphatic heterocycles. The molecular weight excluding hydrogens is 112 g/mol. The predicted molar refractivity (Wildman–Crippen MR) is 38.2 cm³/mol. The molecule has 54 valence electrons. The molecule has 0 saturated heterocycles. The fraction of sp³-hybridized carbons (Fsp3) is 1.00. The van der Waals surface area contributed by atoms with Gasteiger partial charge in [0.25, 0.3) is 0 Å². The molecule has 1 N–H and O–H groups in total. The van der Waals surface area contributed by atoms with Crippen LogP contribution in [0.4, 0.5) is 0 Å². The van der Waals surface area contributed by atoms with Crippen LogP contribution in [0.1, 0.15) is 33.1 Å². The fourth-order valence-electron chi connectivity index (χ4n) is 1.43. The van der Waals surface area contributed by atoms with Crippen LogP contribution < -0.4 is 0 Å². The van der Waals surface area contributed by atoms with E-state index >= 15 is 0 Å². The molecule has 1 unspecified atom stereocenters. The number of aliphatic hydroxyl groups excluding tert-OH is 1. The Kier molecular flexibility index (Phi) is 2.12. The van der Waals surface area contributed by atoms with Gasteiger partial charge in [-0.05, 0) is 24.7 Å². The van der Waals surface area contributed by atoms with Crippen LogP contribution >= 0.6 is 0 Å². The van der Waals surface area contributed by atoms with E-state index in [0.717, 1.165) is 24.7 Å². The summed E-state index contributed by atoms with van der Waals surface area (Å²) in [5.74, 6) is 1.65. The van der Waals surface area contributed by atoms with E-state index < -0.39 is 0 Å². The molecule has 1 aliphatic carbocycles. The summed E-state index contributed by atoms with van der Waals surface area (Å²) in [5.41, 5.74) is 0. The van der Waals surface area contributed by atoms with E-state index in [1.165, 1.54) is 6.42 Å². The van der Waals surface area contributed by atoms with Crippen LogP contribution in [-0.2, 0) is 0 Å². The molecule has 0 aromatic carbocycles. The predicted octanol–water partition coefficient (Wildman–Crippen LogP) is 1.80. The first-order valence-electron chi connectivity index (χ1n) is 3.92. The lowest BCUT2D eigenvalue weighted by atomic mass is 9.74. The van der Waals surface area contributed by atoms with Gasteiger partial charge >= 0.3 is 0 Å². The maximum atomic E-state index is 8.96. The topological polar surface area (TPSA) is 20.2 Å². The summed E-state index contributed by atoms with van der Waals surface area (Å²) in [5, 5.41) is 8.96. The summed E-state index contributed by atoms with van der Waals surface area (Å²) >= 11 is 0. The van der Waals surface area contributed by atoms with Gasteiger partial charge in [-0.1, -0.05) is 20.3 Å². The Morgan fingerprint density at radius 2 is 2.11 bits per heavy atom. The molecule has 1 aliphatic rings. The maximum absolute atomic E-state index is 8.96. The molecule has 9 heavy (non-hydrogen) atoms. The Morgan fingerprint density at radius 1 is 1.56 bits per heavy atom. The summed E-state index contributed by atoms with van der Waals surface area (Å²) in [7, 11) is 0. The van der Waals surface area contributed by atoms with Crippen LogP contribution in [-0.4, -0.2) is 11.2 Å². The molecule has 1 atom stereocenters. The van der Waals surface area contributed by atoms with Crippen LogP contribution in [0.5, 0.6) is 0 Å². The first-order chi connectivity index (χ1) is 4.24. The third-order valence-corrected chi connectivity index (χ3v) is 2.60. The van der Waals surface area contributed by atoms with Crippen LogP contribution in [0.15, 0.2) is 0 Å². The van der Waals surface area contributed by atoms with E-state index in [-0.39, 0.29) is 6.10 Å². The molecule has 0 aromatic rings. The first kappa shape index (κ1) is 7.07. The second-order valence-corrected chi connectivity index (χ2v) is 3.27. The Morgan fingerprint density at radius 3 is 2.44 bits per heavy atom. The summed E-state index contributed by atoms with van der Waals surface area (Å²) in [6, 6.07) is 0. The Hall–Kier alpha value is -0.0400. The standard InChI is InChI=1S/C8H16O/c1-3-6(2)7-4-8(9)5-7/h6-9H,3-5H2,1-2H3/t6?,7-,8+. The minimum Gasteiger partial charge on any atom is -0.393 e. The third-order valence-electron chi connectivity index (χ3n) is 2.60. The fourth-order valence-corrected chi connectivity index (χ4v) is 1.43. The molecule has 0 bridgehead atoms. The molecule has 1 heteroatoms. The van der Waals surface area contributed by atoms with E-state index in [4.69, 9.17) is 5.11 Å². The van der Waals surface area contributed by atoms with Gasteiger partial charge in [0.05, 0.1) is 6.10 Å². The van der Waals surface area contributed by atoms with Gasteiger partial charge in [-0.25, -0.2) is 0 Å². The van der Waals surface area contributed by atoms with Crippen LogP contribution in [0.3, 0.4) is 0 Å². The van der Waals surface area contributed by atoms with Crippen molar-refractivity contribution < 1.29 is 5.11 Å². The molecule has 0 aromatic heterocycles. The molecule has 0 amide bonds. The lowest BCUT2D eigenvalue weighted by Gasteiger charge is -2.35. The van der Waals surface area contributed by atoms with Crippen molar-refractivity contribution in [3.05, 3.63) is 0 Å². The van der Waals surface area contributed by atoms with E-state index in [0.29, 0.717) is 0 Å². The second-order valence-electron chi connectivity index (χ2n) is 3.27. The monoisotopic (exact) mass is 128 g/mol. The van der Waals surface area contributed by atoms with E-state index in [2.05, 4.69) is 13.8 Å². The second kappa shape index (κ2) is 2.70. The van der Waals surface area contributed by atoms with Crippen molar-refractivity contribution in [2.75, 3.05) is 0 Å². The van der Waals surface area contributed by atoms with Gasteiger partial charge in [-0.2, -0.15) is 0 Å². The molecule has 1 saturated carbocycles. The van der Waals surface area contributed by atoms with E-state index in [1.807, 2.05) is 0 Å². The van der Waals surface area contributed by atoms with Gasteiger partial charge < -0.3 is 5.11 Å². The normalized spacial score (nSPS) is 37.7. The Balaban J connectivity index is 2.15. The molecule has 0 spiro atoms. The SMILES string of the molecule is CCC(C)[C@H]1C[C@@H](O)C1. The largest absolute Gasteiger partial charge is 0.393 e. The van der Waals surface area contributed by atoms with Gasteiger partial charge in [0.1, 0.15) is 0 Å². The zero-order valence-corrected chi connectivity index (χ0v) is 6.30. The van der Waals surface area contributed by atoms with Crippen molar-refractivity contribution in [3.63, 3.8) is 0 Å². The summed E-state index contributed by atoms with van der Waals surface area (Å²) in [6.45, 7) is 4.49. The summed E-state index contributed by atoms with van der Waals surface area (Å²) < 4.78 is 0. The molecule has 1 fully saturated rings. The third kappa shape index (κ3) is 1.45. The van der Waals surface area contributed by atoms with E-state index in [9.17, 15) is 0 Å². The van der Waals surface area contributed by atoms with Gasteiger partial charge in [0.2, 0.25) is 0 Å². The van der Waals surface area contributed by atoms with Gasteiger partial charge in [0.15, 0.2) is 0 Å². The van der Waals surface area contributed by atoms with Crippen molar-refractivity contribution in [3.8, 4) is 0 Å². The average molecular weight is 128 g/mol. The van der Waals surface area contributed by atoms with Gasteiger partial charge in [-0.3, -0.25) is 0 Å². The van der Waals surface area contributed by atoms with Gasteiger partial charge in [-0.15, -0.1) is 0 Å². The first-order valence-corrected chi connectivity index (χ1v) is 3.92. The zero-order valence-electron chi connectivity index (χ0n) is 6.30. The quantitative estimate of drug-likeness (QED) is 0.601. The molecule has 0 radical (unpaired) electrons. The van der Waals surface area contributed by atoms with Crippen molar-refractivity contribution in [2.45, 2.75) is 39.2 Å². The Labute approximate surface area is 57.1 Å². The highest BCUT2D eigenvalue weighted by Gasteiger charge is 2.30. The minimum atomic E-state index is 0.0315. The van der Waals surface area contributed by atoms with Gasteiger partial charge in [0, 0.05) is 0 Å². The van der Waals surface area contributed by atoms with Crippen molar-refractivity contribution in [1.82, 2.24) is 0 Å². The highest BCUT2D eigenvalue weighted by molar-refractivity contribution is 4.81. The lowest BCUT2D eigenvalue weighted by Crippen LogP contribution is -2.32. The maximum Gasteiger partial charge on any atom is 0.0545 e. The number of hydrogen-bond acceptors (Lipinski definition) is 1. The smallest absolute Gasteiger partial charge is 0.0545 e. The molecule has 1 nitrogen and oxygen atoms in total. The van der Waals surface area contributed by atoms with E-state index in [1.54, 1.807) is 0 Å². The molecule has 0 heterocycles. The van der Waals surface area contributed by atoms with Crippen LogP contribution in [0.2, 0.25) is 0 Å². The number of aliphatic hydroxyl groups is 1. The zero-order chi connectivity index (χ0) is 6.85. The van der Waals surface area contributed by atoms with Crippen LogP contribution in [0.25, 0.3) is 0 Å². The van der Waals surface area contributed by atoms with Crippen molar-refractivity contribution >= 4 is 0 Å². The highest BCUT2D eigenvalue weighted by atomic mass is 16.3. The average Bonchev–Trinajstić information content (AvgIpc) is 1.79. The lowest BCUT2D eigenvalue weighted by molar-refractivity contribution is 0.0173. The minimum absolute atomic E-state index is 0.0315. The Bertz CT molecular complexity index is 84.6. The summed E-state index contributed by atoms with van der Waals surface area (Å²) in [4.78, 5) is 0. The highest BCUT2D eigenvalue weighted by Crippen LogP contribution is 2.34. The van der Waals surface area contributed by atoms with Crippen molar-refractivity contribution in [1.29, 1.82) is 0 Å². The summed E-state index contributed by atoms with van der Waals surface area (Å²) in [6.07, 6.45) is 3.39.